The molecule has 1 amide bonds. The molecule has 0 aliphatic rings. The third-order valence-corrected chi connectivity index (χ3v) is 5.22. The van der Waals surface area contributed by atoms with Gasteiger partial charge in [0.2, 0.25) is 11.9 Å². The summed E-state index contributed by atoms with van der Waals surface area (Å²) in [6, 6.07) is 10.3. The van der Waals surface area contributed by atoms with Gasteiger partial charge in [-0.25, -0.2) is 4.79 Å². The van der Waals surface area contributed by atoms with Gasteiger partial charge in [-0.1, -0.05) is 11.6 Å². The summed E-state index contributed by atoms with van der Waals surface area (Å²) in [5.41, 5.74) is 1.26. The number of rotatable bonds is 6. The molecule has 0 saturated heterocycles. The first kappa shape index (κ1) is 21.4. The lowest BCUT2D eigenvalue weighted by Crippen LogP contribution is -2.21. The maximum atomic E-state index is 12.6. The van der Waals surface area contributed by atoms with Crippen LogP contribution in [0.25, 0.3) is 22.4 Å². The Morgan fingerprint density at radius 2 is 1.94 bits per heavy atom. The molecule has 4 aromatic rings. The number of carbonyl (C=O) groups excluding carboxylic acids is 1. The highest BCUT2D eigenvalue weighted by atomic mass is 35.5. The fraction of sp³-hybridized carbons (Fsp3) is 0.182. The molecule has 2 N–H and O–H groups in total. The molecule has 9 nitrogen and oxygen atoms in total. The minimum absolute atomic E-state index is 0.0881. The van der Waals surface area contributed by atoms with E-state index in [9.17, 15) is 9.59 Å². The average Bonchev–Trinajstić information content (AvgIpc) is 3.24. The number of hydrogen-bond acceptors (Lipinski definition) is 7. The van der Waals surface area contributed by atoms with E-state index in [-0.39, 0.29) is 17.9 Å². The maximum absolute atomic E-state index is 12.6. The first-order valence-corrected chi connectivity index (χ1v) is 9.94. The third-order valence-electron chi connectivity index (χ3n) is 4.96. The van der Waals surface area contributed by atoms with Gasteiger partial charge in [0.05, 0.1) is 31.6 Å². The van der Waals surface area contributed by atoms with Crippen molar-refractivity contribution < 1.29 is 18.7 Å². The fourth-order valence-electron chi connectivity index (χ4n) is 3.35. The molecule has 2 aromatic carbocycles. The summed E-state index contributed by atoms with van der Waals surface area (Å²) in [6.45, 7) is 1.74. The van der Waals surface area contributed by atoms with Crippen molar-refractivity contribution in [1.82, 2.24) is 15.2 Å². The number of hydrogen-bond donors (Lipinski definition) is 2. The summed E-state index contributed by atoms with van der Waals surface area (Å²) < 4.78 is 16.1. The molecule has 0 radical (unpaired) electrons. The molecule has 0 saturated carbocycles. The number of halogens is 1. The number of anilines is 1. The van der Waals surface area contributed by atoms with Gasteiger partial charge in [0.25, 0.3) is 0 Å². The zero-order valence-corrected chi connectivity index (χ0v) is 18.2. The third kappa shape index (κ3) is 4.15. The molecular formula is C22H19ClN4O5. The zero-order chi connectivity index (χ0) is 22.8. The van der Waals surface area contributed by atoms with Crippen LogP contribution in [0.4, 0.5) is 5.95 Å². The number of carbonyl (C=O) groups is 1. The fourth-order valence-corrected chi connectivity index (χ4v) is 3.47. The van der Waals surface area contributed by atoms with Gasteiger partial charge in [-0.3, -0.25) is 15.2 Å². The van der Waals surface area contributed by atoms with E-state index in [0.29, 0.717) is 38.9 Å². The number of aromatic amines is 1. The zero-order valence-electron chi connectivity index (χ0n) is 17.5. The van der Waals surface area contributed by atoms with Crippen molar-refractivity contribution in [2.24, 2.45) is 0 Å². The Morgan fingerprint density at radius 1 is 1.19 bits per heavy atom. The maximum Gasteiger partial charge on any atom is 0.340 e. The number of methoxy groups -OCH3 is 2. The van der Waals surface area contributed by atoms with Gasteiger partial charge >= 0.3 is 5.63 Å². The van der Waals surface area contributed by atoms with Gasteiger partial charge in [0.1, 0.15) is 17.1 Å². The number of nitrogens with one attached hydrogen (secondary N) is 2. The molecule has 2 aromatic heterocycles. The molecule has 0 aliphatic carbocycles. The van der Waals surface area contributed by atoms with E-state index >= 15 is 0 Å². The van der Waals surface area contributed by atoms with E-state index in [1.54, 1.807) is 43.3 Å². The van der Waals surface area contributed by atoms with Crippen LogP contribution in [0.5, 0.6) is 11.5 Å². The molecule has 164 valence electrons. The highest BCUT2D eigenvalue weighted by Gasteiger charge is 2.19. The lowest BCUT2D eigenvalue weighted by Gasteiger charge is -2.12. The van der Waals surface area contributed by atoms with Crippen molar-refractivity contribution in [2.75, 3.05) is 19.5 Å². The van der Waals surface area contributed by atoms with Crippen LogP contribution in [0.1, 0.15) is 11.1 Å². The SMILES string of the molecule is COc1cc(OC)c2c(C)c(CC(=O)Nc3n[nH]c(-c4ccc(Cl)cc4)n3)c(=O)oc2c1. The molecule has 0 fully saturated rings. The predicted molar refractivity (Wildman–Crippen MR) is 119 cm³/mol. The Labute approximate surface area is 187 Å². The van der Waals surface area contributed by atoms with E-state index in [0.717, 1.165) is 5.56 Å². The van der Waals surface area contributed by atoms with E-state index < -0.39 is 11.5 Å². The number of ether oxygens (including phenoxy) is 2. The largest absolute Gasteiger partial charge is 0.496 e. The highest BCUT2D eigenvalue weighted by molar-refractivity contribution is 6.30. The quantitative estimate of drug-likeness (QED) is 0.426. The summed E-state index contributed by atoms with van der Waals surface area (Å²) in [6.07, 6.45) is -0.218. The number of aryl methyl sites for hydroxylation is 1. The topological polar surface area (TPSA) is 119 Å². The van der Waals surface area contributed by atoms with Crippen molar-refractivity contribution >= 4 is 34.4 Å². The minimum Gasteiger partial charge on any atom is -0.496 e. The summed E-state index contributed by atoms with van der Waals surface area (Å²) in [7, 11) is 3.01. The second-order valence-corrected chi connectivity index (χ2v) is 7.37. The molecular weight excluding hydrogens is 436 g/mol. The van der Waals surface area contributed by atoms with Crippen molar-refractivity contribution in [3.05, 3.63) is 63.0 Å². The number of fused-ring (bicyclic) bond motifs is 1. The Bertz CT molecular complexity index is 1360. The first-order valence-electron chi connectivity index (χ1n) is 9.56. The molecule has 0 unspecified atom stereocenters. The van der Waals surface area contributed by atoms with Crippen LogP contribution in [-0.2, 0) is 11.2 Å². The van der Waals surface area contributed by atoms with Crippen LogP contribution in [0.3, 0.4) is 0 Å². The molecule has 0 bridgehead atoms. The summed E-state index contributed by atoms with van der Waals surface area (Å²) in [5, 5.41) is 10.5. The molecule has 0 aliphatic heterocycles. The normalized spacial score (nSPS) is 10.9. The Kier molecular flexibility index (Phi) is 5.83. The Balaban J connectivity index is 1.59. The van der Waals surface area contributed by atoms with Gasteiger partial charge in [-0.05, 0) is 36.8 Å². The van der Waals surface area contributed by atoms with Crippen LogP contribution in [0.15, 0.2) is 45.6 Å². The van der Waals surface area contributed by atoms with Gasteiger partial charge in [0.15, 0.2) is 5.82 Å². The molecule has 4 rings (SSSR count). The summed E-state index contributed by atoms with van der Waals surface area (Å²) >= 11 is 5.90. The van der Waals surface area contributed by atoms with Gasteiger partial charge in [0, 0.05) is 22.7 Å². The average molecular weight is 455 g/mol. The number of amides is 1. The molecule has 0 spiro atoms. The van der Waals surface area contributed by atoms with Crippen molar-refractivity contribution in [1.29, 1.82) is 0 Å². The smallest absolute Gasteiger partial charge is 0.340 e. The predicted octanol–water partition coefficient (Wildman–Crippen LogP) is 3.74. The molecule has 10 heteroatoms. The van der Waals surface area contributed by atoms with E-state index in [2.05, 4.69) is 20.5 Å². The van der Waals surface area contributed by atoms with Crippen LogP contribution < -0.4 is 20.4 Å². The molecule has 32 heavy (non-hydrogen) atoms. The lowest BCUT2D eigenvalue weighted by molar-refractivity contribution is -0.115. The van der Waals surface area contributed by atoms with Crippen LogP contribution in [0, 0.1) is 6.92 Å². The second kappa shape index (κ2) is 8.72. The van der Waals surface area contributed by atoms with Crippen molar-refractivity contribution in [2.45, 2.75) is 13.3 Å². The summed E-state index contributed by atoms with van der Waals surface area (Å²) in [5.74, 6) is 1.06. The number of benzene rings is 2. The van der Waals surface area contributed by atoms with Crippen LogP contribution in [-0.4, -0.2) is 35.3 Å². The molecule has 2 heterocycles. The van der Waals surface area contributed by atoms with Crippen molar-refractivity contribution in [3.8, 4) is 22.9 Å². The Hall–Kier alpha value is -3.85. The van der Waals surface area contributed by atoms with Crippen molar-refractivity contribution in [3.63, 3.8) is 0 Å². The summed E-state index contributed by atoms with van der Waals surface area (Å²) in [4.78, 5) is 29.5. The number of H-pyrrole nitrogens is 1. The van der Waals surface area contributed by atoms with E-state index in [4.69, 9.17) is 25.5 Å². The van der Waals surface area contributed by atoms with E-state index in [1.807, 2.05) is 0 Å². The monoisotopic (exact) mass is 454 g/mol. The first-order chi connectivity index (χ1) is 15.4. The van der Waals surface area contributed by atoms with E-state index in [1.165, 1.54) is 14.2 Å². The second-order valence-electron chi connectivity index (χ2n) is 6.94. The van der Waals surface area contributed by atoms with Crippen LogP contribution >= 0.6 is 11.6 Å². The Morgan fingerprint density at radius 3 is 2.62 bits per heavy atom. The van der Waals surface area contributed by atoms with Gasteiger partial charge in [-0.2, -0.15) is 4.98 Å². The highest BCUT2D eigenvalue weighted by Crippen LogP contribution is 2.33. The molecule has 0 atom stereocenters. The van der Waals surface area contributed by atoms with Gasteiger partial charge in [-0.15, -0.1) is 5.10 Å². The standard InChI is InChI=1S/C22H19ClN4O5/c1-11-15(21(29)32-17-9-14(30-2)8-16(31-3)19(11)17)10-18(28)24-22-25-20(26-27-22)12-4-6-13(23)7-5-12/h4-9H,10H2,1-3H3,(H2,24,25,26,27,28). The minimum atomic E-state index is -0.614. The van der Waals surface area contributed by atoms with Crippen LogP contribution in [0.2, 0.25) is 5.02 Å². The lowest BCUT2D eigenvalue weighted by atomic mass is 10.0. The number of nitrogens with zero attached hydrogens (tertiary/aromatic N) is 2. The number of aromatic nitrogens is 3. The van der Waals surface area contributed by atoms with Gasteiger partial charge < -0.3 is 13.9 Å².